The maximum Gasteiger partial charge on any atom is 0.280 e. The molecule has 0 unspecified atom stereocenters. The van der Waals surface area contributed by atoms with Crippen LogP contribution in [0.3, 0.4) is 0 Å². The summed E-state index contributed by atoms with van der Waals surface area (Å²) in [6, 6.07) is 0. The lowest BCUT2D eigenvalue weighted by Gasteiger charge is -2.00. The van der Waals surface area contributed by atoms with Crippen molar-refractivity contribution in [1.29, 1.82) is 0 Å². The lowest BCUT2D eigenvalue weighted by atomic mass is 10.2. The molecule has 1 aliphatic heterocycles. The zero-order valence-electron chi connectivity index (χ0n) is 5.11. The van der Waals surface area contributed by atoms with Gasteiger partial charge >= 0.3 is 0 Å². The van der Waals surface area contributed by atoms with Crippen LogP contribution in [0.1, 0.15) is 0 Å². The van der Waals surface area contributed by atoms with Crippen LogP contribution in [0.2, 0.25) is 0 Å². The highest BCUT2D eigenvalue weighted by molar-refractivity contribution is 6.31. The second kappa shape index (κ2) is 1.73. The van der Waals surface area contributed by atoms with Crippen LogP contribution in [-0.4, -0.2) is 18.0 Å². The van der Waals surface area contributed by atoms with Crippen molar-refractivity contribution >= 4 is 18.0 Å². The van der Waals surface area contributed by atoms with Gasteiger partial charge in [-0.3, -0.25) is 4.79 Å². The van der Waals surface area contributed by atoms with E-state index in [1.54, 1.807) is 18.2 Å². The van der Waals surface area contributed by atoms with Crippen LogP contribution >= 0.6 is 0 Å². The fraction of sp³-hybridized carbons (Fsp3) is 0. The minimum absolute atomic E-state index is 0.199. The molecule has 1 heterocycles. The summed E-state index contributed by atoms with van der Waals surface area (Å²) in [5.74, 6) is -0.199. The molecule has 0 aromatic heterocycles. The predicted octanol–water partition coefficient (Wildman–Crippen LogP) is 0.492. The molecule has 10 heavy (non-hydrogen) atoms. The maximum absolute atomic E-state index is 10.9. The molecule has 48 valence electrons. The van der Waals surface area contributed by atoms with Gasteiger partial charge in [-0.25, -0.2) is 4.99 Å². The van der Waals surface area contributed by atoms with Crippen molar-refractivity contribution in [2.45, 2.75) is 0 Å². The molecule has 2 rings (SSSR count). The van der Waals surface area contributed by atoms with Gasteiger partial charge in [-0.15, -0.1) is 0 Å². The monoisotopic (exact) mass is 132 g/mol. The normalized spacial score (nSPS) is 20.6. The zero-order valence-corrected chi connectivity index (χ0v) is 5.11. The third-order valence-corrected chi connectivity index (χ3v) is 1.40. The molecule has 0 aromatic rings. The first-order valence-electron chi connectivity index (χ1n) is 2.91. The molecule has 1 aliphatic carbocycles. The van der Waals surface area contributed by atoms with Crippen molar-refractivity contribution in [3.05, 3.63) is 23.8 Å². The van der Waals surface area contributed by atoms with Crippen molar-refractivity contribution in [2.24, 2.45) is 9.98 Å². The summed E-state index contributed by atoms with van der Waals surface area (Å²) in [7, 11) is 0. The van der Waals surface area contributed by atoms with E-state index in [4.69, 9.17) is 0 Å². The van der Waals surface area contributed by atoms with Crippen LogP contribution in [0, 0.1) is 0 Å². The van der Waals surface area contributed by atoms with E-state index in [0.717, 1.165) is 5.71 Å². The number of aliphatic imine (C=N–C) groups is 2. The van der Waals surface area contributed by atoms with Crippen LogP contribution in [0.4, 0.5) is 0 Å². The summed E-state index contributed by atoms with van der Waals surface area (Å²) in [5.41, 5.74) is 1.32. The van der Waals surface area contributed by atoms with Crippen LogP contribution < -0.4 is 0 Å². The zero-order chi connectivity index (χ0) is 6.97. The number of rotatable bonds is 0. The lowest BCUT2D eigenvalue weighted by molar-refractivity contribution is -0.113. The molecule has 0 spiro atoms. The fourth-order valence-electron chi connectivity index (χ4n) is 0.917. The molecule has 0 fully saturated rings. The first-order valence-corrected chi connectivity index (χ1v) is 2.91. The van der Waals surface area contributed by atoms with Crippen molar-refractivity contribution in [2.75, 3.05) is 0 Å². The minimum atomic E-state index is -0.199. The number of carbonyl (C=O) groups excluding carboxylic acids is 1. The van der Waals surface area contributed by atoms with E-state index in [9.17, 15) is 4.79 Å². The summed E-state index contributed by atoms with van der Waals surface area (Å²) in [6.07, 6.45) is 6.58. The summed E-state index contributed by atoms with van der Waals surface area (Å²) in [4.78, 5) is 18.3. The Morgan fingerprint density at radius 3 is 3.10 bits per heavy atom. The number of fused-ring (bicyclic) bond motifs is 1. The SMILES string of the molecule is O=C1N=CN=C2C=CC=C12. The van der Waals surface area contributed by atoms with Crippen molar-refractivity contribution in [1.82, 2.24) is 0 Å². The third kappa shape index (κ3) is 0.572. The topological polar surface area (TPSA) is 41.8 Å². The van der Waals surface area contributed by atoms with E-state index in [1.165, 1.54) is 6.34 Å². The maximum atomic E-state index is 10.9. The Bertz CT molecular complexity index is 302. The highest BCUT2D eigenvalue weighted by Crippen LogP contribution is 2.12. The molecule has 3 nitrogen and oxygen atoms in total. The number of hydrogen-bond acceptors (Lipinski definition) is 2. The Morgan fingerprint density at radius 2 is 2.30 bits per heavy atom. The van der Waals surface area contributed by atoms with Crippen molar-refractivity contribution in [3.8, 4) is 0 Å². The third-order valence-electron chi connectivity index (χ3n) is 1.40. The van der Waals surface area contributed by atoms with E-state index in [1.807, 2.05) is 0 Å². The lowest BCUT2D eigenvalue weighted by Crippen LogP contribution is -2.10. The highest BCUT2D eigenvalue weighted by atomic mass is 16.1. The van der Waals surface area contributed by atoms with Crippen LogP contribution in [0.5, 0.6) is 0 Å². The van der Waals surface area contributed by atoms with Gasteiger partial charge in [-0.2, -0.15) is 4.99 Å². The largest absolute Gasteiger partial charge is 0.280 e. The molecule has 0 atom stereocenters. The first-order chi connectivity index (χ1) is 4.88. The van der Waals surface area contributed by atoms with E-state index in [-0.39, 0.29) is 5.91 Å². The van der Waals surface area contributed by atoms with Crippen molar-refractivity contribution in [3.63, 3.8) is 0 Å². The summed E-state index contributed by atoms with van der Waals surface area (Å²) < 4.78 is 0. The smallest absolute Gasteiger partial charge is 0.267 e. The number of allylic oxidation sites excluding steroid dienone is 3. The van der Waals surface area contributed by atoms with Gasteiger partial charge in [0.25, 0.3) is 5.91 Å². The van der Waals surface area contributed by atoms with Crippen molar-refractivity contribution < 1.29 is 4.79 Å². The Balaban J connectivity index is 2.54. The van der Waals surface area contributed by atoms with E-state index in [2.05, 4.69) is 9.98 Å². The Morgan fingerprint density at radius 1 is 1.40 bits per heavy atom. The van der Waals surface area contributed by atoms with Crippen LogP contribution in [0.15, 0.2) is 33.8 Å². The number of nitrogens with zero attached hydrogens (tertiary/aromatic N) is 2. The molecule has 0 aromatic carbocycles. The highest BCUT2D eigenvalue weighted by Gasteiger charge is 2.17. The second-order valence-corrected chi connectivity index (χ2v) is 2.00. The minimum Gasteiger partial charge on any atom is -0.267 e. The molecular weight excluding hydrogens is 128 g/mol. The second-order valence-electron chi connectivity index (χ2n) is 2.00. The Hall–Kier alpha value is -1.51. The number of hydrogen-bond donors (Lipinski definition) is 0. The van der Waals surface area contributed by atoms with Gasteiger partial charge in [0.15, 0.2) is 0 Å². The van der Waals surface area contributed by atoms with E-state index in [0.29, 0.717) is 5.57 Å². The molecule has 0 saturated carbocycles. The van der Waals surface area contributed by atoms with Gasteiger partial charge in [0.2, 0.25) is 0 Å². The summed E-state index contributed by atoms with van der Waals surface area (Å²) >= 11 is 0. The fourth-order valence-corrected chi connectivity index (χ4v) is 0.917. The first kappa shape index (κ1) is 5.29. The average molecular weight is 132 g/mol. The predicted molar refractivity (Wildman–Crippen MR) is 38.2 cm³/mol. The van der Waals surface area contributed by atoms with Crippen LogP contribution in [-0.2, 0) is 4.79 Å². The summed E-state index contributed by atoms with van der Waals surface area (Å²) in [5, 5.41) is 0. The molecule has 2 aliphatic rings. The Kier molecular flexibility index (Phi) is 0.917. The van der Waals surface area contributed by atoms with Crippen LogP contribution in [0.25, 0.3) is 0 Å². The number of amides is 1. The molecule has 1 amide bonds. The molecule has 0 saturated heterocycles. The average Bonchev–Trinajstić information content (AvgIpc) is 2.36. The van der Waals surface area contributed by atoms with Gasteiger partial charge in [0.1, 0.15) is 6.34 Å². The number of carbonyl (C=O) groups is 1. The van der Waals surface area contributed by atoms with Gasteiger partial charge in [-0.05, 0) is 12.2 Å². The molecule has 0 radical (unpaired) electrons. The van der Waals surface area contributed by atoms with E-state index < -0.39 is 0 Å². The van der Waals surface area contributed by atoms with Gasteiger partial charge in [0, 0.05) is 0 Å². The quantitative estimate of drug-likeness (QED) is 0.473. The van der Waals surface area contributed by atoms with Gasteiger partial charge in [-0.1, -0.05) is 6.08 Å². The summed E-state index contributed by atoms with van der Waals surface area (Å²) in [6.45, 7) is 0. The van der Waals surface area contributed by atoms with Gasteiger partial charge in [0.05, 0.1) is 11.3 Å². The standard InChI is InChI=1S/C7H4N2O/c10-7-5-2-1-3-6(5)8-4-9-7/h1-4H. The molecule has 0 bridgehead atoms. The van der Waals surface area contributed by atoms with E-state index >= 15 is 0 Å². The molecular formula is C7H4N2O. The molecule has 0 N–H and O–H groups in total. The van der Waals surface area contributed by atoms with Gasteiger partial charge < -0.3 is 0 Å². The Labute approximate surface area is 57.5 Å². The molecule has 3 heteroatoms.